The molecule has 11 heteroatoms. The van der Waals surface area contributed by atoms with Crippen molar-refractivity contribution in [1.29, 1.82) is 0 Å². The summed E-state index contributed by atoms with van der Waals surface area (Å²) in [6.07, 6.45) is -8.45. The molecular formula is C11H5F6N3O2. The maximum absolute atomic E-state index is 13.0. The molecule has 0 spiro atoms. The lowest BCUT2D eigenvalue weighted by molar-refractivity contribution is -0.385. The first kappa shape index (κ1) is 15.8. The van der Waals surface area contributed by atoms with Crippen LogP contribution in [0, 0.1) is 10.1 Å². The highest BCUT2D eigenvalue weighted by molar-refractivity contribution is 5.69. The van der Waals surface area contributed by atoms with Gasteiger partial charge in [0.15, 0.2) is 0 Å². The highest BCUT2D eigenvalue weighted by Crippen LogP contribution is 2.45. The van der Waals surface area contributed by atoms with Gasteiger partial charge < -0.3 is 4.98 Å². The van der Waals surface area contributed by atoms with E-state index in [0.717, 1.165) is 12.4 Å². The summed E-state index contributed by atoms with van der Waals surface area (Å²) in [6.45, 7) is 0. The second-order valence-corrected chi connectivity index (χ2v) is 4.11. The van der Waals surface area contributed by atoms with E-state index in [1.165, 1.54) is 0 Å². The van der Waals surface area contributed by atoms with E-state index in [1.807, 2.05) is 0 Å². The molecule has 22 heavy (non-hydrogen) atoms. The minimum absolute atomic E-state index is 0.0487. The molecule has 0 aliphatic heterocycles. The first-order valence-corrected chi connectivity index (χ1v) is 5.48. The van der Waals surface area contributed by atoms with E-state index in [9.17, 15) is 36.5 Å². The molecule has 5 nitrogen and oxygen atoms in total. The Kier molecular flexibility index (Phi) is 3.59. The minimum Gasteiger partial charge on any atom is -0.345 e. The zero-order chi connectivity index (χ0) is 16.7. The first-order chi connectivity index (χ1) is 10.0. The van der Waals surface area contributed by atoms with Crippen LogP contribution in [0.2, 0.25) is 0 Å². The number of alkyl halides is 6. The number of nitro groups is 1. The minimum atomic E-state index is -5.23. The quantitative estimate of drug-likeness (QED) is 0.515. The van der Waals surface area contributed by atoms with E-state index in [1.54, 1.807) is 0 Å². The molecule has 0 saturated heterocycles. The number of hydrogen-bond donors (Lipinski definition) is 1. The molecule has 0 radical (unpaired) electrons. The van der Waals surface area contributed by atoms with Crippen LogP contribution in [0.25, 0.3) is 11.4 Å². The number of rotatable bonds is 2. The SMILES string of the molecule is O=[N+]([O-])c1cc(C(F)(F)F)c(-c2ncc[nH]2)c(C(F)(F)F)c1. The van der Waals surface area contributed by atoms with Crippen LogP contribution in [0.5, 0.6) is 0 Å². The van der Waals surface area contributed by atoms with Gasteiger partial charge in [-0.2, -0.15) is 26.3 Å². The molecule has 0 aliphatic carbocycles. The zero-order valence-electron chi connectivity index (χ0n) is 10.3. The van der Waals surface area contributed by atoms with Crippen LogP contribution in [-0.2, 0) is 12.4 Å². The average molecular weight is 325 g/mol. The lowest BCUT2D eigenvalue weighted by atomic mass is 9.98. The Hall–Kier alpha value is -2.59. The normalized spacial score (nSPS) is 12.5. The van der Waals surface area contributed by atoms with Crippen LogP contribution in [0.3, 0.4) is 0 Å². The van der Waals surface area contributed by atoms with E-state index in [4.69, 9.17) is 0 Å². The van der Waals surface area contributed by atoms with Crippen LogP contribution in [0.1, 0.15) is 11.1 Å². The van der Waals surface area contributed by atoms with Crippen molar-refractivity contribution in [2.75, 3.05) is 0 Å². The van der Waals surface area contributed by atoms with E-state index < -0.39 is 45.5 Å². The van der Waals surface area contributed by atoms with Gasteiger partial charge in [-0.05, 0) is 0 Å². The molecule has 1 aromatic heterocycles. The summed E-state index contributed by atoms with van der Waals surface area (Å²) in [5.74, 6) is -0.686. The molecule has 0 fully saturated rings. The molecule has 1 heterocycles. The van der Waals surface area contributed by atoms with Gasteiger partial charge in [0.1, 0.15) is 5.82 Å². The summed E-state index contributed by atoms with van der Waals surface area (Å²) in [7, 11) is 0. The van der Waals surface area contributed by atoms with E-state index in [0.29, 0.717) is 0 Å². The second-order valence-electron chi connectivity index (χ2n) is 4.11. The Balaban J connectivity index is 2.91. The number of nitrogens with one attached hydrogen (secondary N) is 1. The molecule has 2 rings (SSSR count). The predicted molar refractivity (Wildman–Crippen MR) is 60.7 cm³/mol. The summed E-state index contributed by atoms with van der Waals surface area (Å²) >= 11 is 0. The monoisotopic (exact) mass is 325 g/mol. The molecule has 118 valence electrons. The lowest BCUT2D eigenvalue weighted by Crippen LogP contribution is -2.15. The van der Waals surface area contributed by atoms with Gasteiger partial charge in [0.2, 0.25) is 0 Å². The number of aromatic amines is 1. The molecule has 1 N–H and O–H groups in total. The number of non-ortho nitro benzene ring substituents is 1. The topological polar surface area (TPSA) is 71.8 Å². The third-order valence-corrected chi connectivity index (χ3v) is 2.68. The Morgan fingerprint density at radius 1 is 1.05 bits per heavy atom. The van der Waals surface area contributed by atoms with Crippen LogP contribution in [-0.4, -0.2) is 14.9 Å². The van der Waals surface area contributed by atoms with Gasteiger partial charge in [0, 0.05) is 30.1 Å². The maximum atomic E-state index is 13.0. The number of H-pyrrole nitrogens is 1. The third-order valence-electron chi connectivity index (χ3n) is 2.68. The molecule has 0 unspecified atom stereocenters. The van der Waals surface area contributed by atoms with Crippen LogP contribution in [0.15, 0.2) is 24.5 Å². The molecule has 0 aliphatic rings. The third kappa shape index (κ3) is 2.87. The number of halogens is 6. The number of nitrogens with zero attached hydrogens (tertiary/aromatic N) is 2. The van der Waals surface area contributed by atoms with Gasteiger partial charge in [-0.1, -0.05) is 0 Å². The van der Waals surface area contributed by atoms with E-state index in [2.05, 4.69) is 9.97 Å². The largest absolute Gasteiger partial charge is 0.417 e. The highest BCUT2D eigenvalue weighted by atomic mass is 19.4. The van der Waals surface area contributed by atoms with E-state index in [-0.39, 0.29) is 12.1 Å². The Labute approximate surface area is 117 Å². The Bertz CT molecular complexity index is 671. The number of benzene rings is 1. The Morgan fingerprint density at radius 2 is 1.55 bits per heavy atom. The number of aromatic nitrogens is 2. The summed E-state index contributed by atoms with van der Waals surface area (Å²) in [6, 6.07) is 0.0974. The van der Waals surface area contributed by atoms with Crippen molar-refractivity contribution < 1.29 is 31.3 Å². The van der Waals surface area contributed by atoms with Gasteiger partial charge in [0.25, 0.3) is 5.69 Å². The van der Waals surface area contributed by atoms with Crippen molar-refractivity contribution in [3.63, 3.8) is 0 Å². The van der Waals surface area contributed by atoms with Crippen molar-refractivity contribution in [3.05, 3.63) is 45.8 Å². The molecule has 0 amide bonds. The van der Waals surface area contributed by atoms with Crippen LogP contribution in [0.4, 0.5) is 32.0 Å². The maximum Gasteiger partial charge on any atom is 0.417 e. The molecular weight excluding hydrogens is 320 g/mol. The number of imidazole rings is 1. The molecule has 0 atom stereocenters. The summed E-state index contributed by atoms with van der Waals surface area (Å²) < 4.78 is 78.1. The molecule has 0 bridgehead atoms. The standard InChI is InChI=1S/C11H5F6N3O2/c12-10(13,14)6-3-5(20(21)22)4-7(11(15,16)17)8(6)9-18-1-2-19-9/h1-4H,(H,18,19). The number of hydrogen-bond acceptors (Lipinski definition) is 3. The van der Waals surface area contributed by atoms with Gasteiger partial charge in [-0.25, -0.2) is 4.98 Å². The molecule has 0 saturated carbocycles. The fourth-order valence-electron chi connectivity index (χ4n) is 1.84. The highest BCUT2D eigenvalue weighted by Gasteiger charge is 2.44. The molecule has 1 aromatic carbocycles. The van der Waals surface area contributed by atoms with E-state index >= 15 is 0 Å². The van der Waals surface area contributed by atoms with Gasteiger partial charge >= 0.3 is 12.4 Å². The fraction of sp³-hybridized carbons (Fsp3) is 0.182. The summed E-state index contributed by atoms with van der Waals surface area (Å²) in [4.78, 5) is 14.8. The second kappa shape index (κ2) is 5.00. The smallest absolute Gasteiger partial charge is 0.345 e. The average Bonchev–Trinajstić information content (AvgIpc) is 2.88. The number of nitro benzene ring substituents is 1. The predicted octanol–water partition coefficient (Wildman–Crippen LogP) is 4.02. The van der Waals surface area contributed by atoms with Gasteiger partial charge in [0.05, 0.1) is 16.1 Å². The zero-order valence-corrected chi connectivity index (χ0v) is 10.3. The van der Waals surface area contributed by atoms with Gasteiger partial charge in [-0.3, -0.25) is 10.1 Å². The van der Waals surface area contributed by atoms with Gasteiger partial charge in [-0.15, -0.1) is 0 Å². The van der Waals surface area contributed by atoms with Crippen LogP contribution < -0.4 is 0 Å². The van der Waals surface area contributed by atoms with Crippen molar-refractivity contribution in [2.45, 2.75) is 12.4 Å². The van der Waals surface area contributed by atoms with Crippen molar-refractivity contribution in [3.8, 4) is 11.4 Å². The fourth-order valence-corrected chi connectivity index (χ4v) is 1.84. The summed E-state index contributed by atoms with van der Waals surface area (Å²) in [5.41, 5.74) is -6.17. The lowest BCUT2D eigenvalue weighted by Gasteiger charge is -2.17. The van der Waals surface area contributed by atoms with Crippen molar-refractivity contribution in [1.82, 2.24) is 9.97 Å². The van der Waals surface area contributed by atoms with Crippen molar-refractivity contribution in [2.24, 2.45) is 0 Å². The molecule has 2 aromatic rings. The van der Waals surface area contributed by atoms with Crippen LogP contribution >= 0.6 is 0 Å². The Morgan fingerprint density at radius 3 is 1.86 bits per heavy atom. The first-order valence-electron chi connectivity index (χ1n) is 5.48. The summed E-state index contributed by atoms with van der Waals surface area (Å²) in [5, 5.41) is 10.6. The van der Waals surface area contributed by atoms with Crippen molar-refractivity contribution >= 4 is 5.69 Å².